The summed E-state index contributed by atoms with van der Waals surface area (Å²) < 4.78 is 5.51. The molecule has 116 valence electrons. The quantitative estimate of drug-likeness (QED) is 0.836. The summed E-state index contributed by atoms with van der Waals surface area (Å²) in [4.78, 5) is 5.21. The zero-order valence-corrected chi connectivity index (χ0v) is 13.4. The van der Waals surface area contributed by atoms with Crippen LogP contribution >= 0.6 is 11.3 Å². The molecule has 4 rings (SSSR count). The topological polar surface area (TPSA) is 41.5 Å². The molecule has 1 atom stereocenters. The van der Waals surface area contributed by atoms with Gasteiger partial charge in [-0.2, -0.15) is 0 Å². The highest BCUT2D eigenvalue weighted by atomic mass is 32.1. The minimum Gasteiger partial charge on any atom is -0.381 e. The van der Waals surface area contributed by atoms with Gasteiger partial charge in [-0.05, 0) is 38.6 Å². The molecular formula is C15H24N4OS. The minimum atomic E-state index is 0.488. The maximum atomic E-state index is 5.51. The predicted molar refractivity (Wildman–Crippen MR) is 83.8 cm³/mol. The van der Waals surface area contributed by atoms with E-state index >= 15 is 0 Å². The second-order valence-corrected chi connectivity index (χ2v) is 7.62. The minimum absolute atomic E-state index is 0.488. The highest BCUT2D eigenvalue weighted by Crippen LogP contribution is 2.41. The van der Waals surface area contributed by atoms with E-state index in [0.717, 1.165) is 30.9 Å². The van der Waals surface area contributed by atoms with E-state index < -0.39 is 0 Å². The molecule has 0 aliphatic carbocycles. The molecule has 0 bridgehead atoms. The van der Waals surface area contributed by atoms with E-state index in [1.807, 2.05) is 5.51 Å². The Morgan fingerprint density at radius 3 is 2.90 bits per heavy atom. The van der Waals surface area contributed by atoms with Gasteiger partial charge in [0.2, 0.25) is 5.13 Å². The number of hydrogen-bond acceptors (Lipinski definition) is 6. The van der Waals surface area contributed by atoms with E-state index in [0.29, 0.717) is 5.41 Å². The number of piperidine rings is 1. The van der Waals surface area contributed by atoms with Crippen molar-refractivity contribution in [3.63, 3.8) is 0 Å². The summed E-state index contributed by atoms with van der Waals surface area (Å²) in [6, 6.07) is 0.759. The Morgan fingerprint density at radius 1 is 1.19 bits per heavy atom. The fourth-order valence-corrected chi connectivity index (χ4v) is 4.93. The van der Waals surface area contributed by atoms with Crippen LogP contribution in [-0.2, 0) is 4.74 Å². The maximum Gasteiger partial charge on any atom is 0.208 e. The Balaban J connectivity index is 1.42. The lowest BCUT2D eigenvalue weighted by Crippen LogP contribution is -2.46. The van der Waals surface area contributed by atoms with E-state index in [9.17, 15) is 0 Å². The van der Waals surface area contributed by atoms with Crippen LogP contribution < -0.4 is 4.90 Å². The average molecular weight is 308 g/mol. The molecule has 0 aromatic carbocycles. The Bertz CT molecular complexity index is 462. The van der Waals surface area contributed by atoms with Crippen LogP contribution in [0.4, 0.5) is 5.13 Å². The Hall–Kier alpha value is -0.720. The number of rotatable bonds is 2. The van der Waals surface area contributed by atoms with Crippen molar-refractivity contribution in [1.82, 2.24) is 15.1 Å². The summed E-state index contributed by atoms with van der Waals surface area (Å²) in [6.07, 6.45) is 6.45. The monoisotopic (exact) mass is 308 g/mol. The second-order valence-electron chi connectivity index (χ2n) is 6.81. The first kappa shape index (κ1) is 13.9. The summed E-state index contributed by atoms with van der Waals surface area (Å²) in [5.74, 6) is 0. The summed E-state index contributed by atoms with van der Waals surface area (Å²) in [7, 11) is 0. The molecular weight excluding hydrogens is 284 g/mol. The molecule has 3 saturated heterocycles. The maximum absolute atomic E-state index is 5.51. The zero-order chi connectivity index (χ0) is 14.1. The molecule has 1 aromatic rings. The third kappa shape index (κ3) is 2.81. The van der Waals surface area contributed by atoms with Crippen molar-refractivity contribution < 1.29 is 4.74 Å². The summed E-state index contributed by atoms with van der Waals surface area (Å²) in [5, 5.41) is 9.38. The number of ether oxygens (including phenoxy) is 1. The fourth-order valence-electron chi connectivity index (χ4n) is 4.34. The van der Waals surface area contributed by atoms with Crippen LogP contribution in [0, 0.1) is 5.41 Å². The molecule has 3 aliphatic heterocycles. The third-order valence-corrected chi connectivity index (χ3v) is 6.21. The Labute approximate surface area is 130 Å². The number of nitrogens with zero attached hydrogens (tertiary/aromatic N) is 4. The lowest BCUT2D eigenvalue weighted by molar-refractivity contribution is 0.0375. The lowest BCUT2D eigenvalue weighted by atomic mass is 9.79. The first-order valence-corrected chi connectivity index (χ1v) is 9.06. The zero-order valence-electron chi connectivity index (χ0n) is 12.5. The first-order chi connectivity index (χ1) is 10.3. The van der Waals surface area contributed by atoms with Gasteiger partial charge in [0.1, 0.15) is 5.51 Å². The van der Waals surface area contributed by atoms with Crippen molar-refractivity contribution in [2.45, 2.75) is 38.1 Å². The number of hydrogen-bond donors (Lipinski definition) is 0. The van der Waals surface area contributed by atoms with E-state index in [2.05, 4.69) is 20.0 Å². The van der Waals surface area contributed by atoms with Crippen molar-refractivity contribution in [3.05, 3.63) is 5.51 Å². The van der Waals surface area contributed by atoms with Crippen molar-refractivity contribution in [1.29, 1.82) is 0 Å². The van der Waals surface area contributed by atoms with Gasteiger partial charge in [0.05, 0.1) is 0 Å². The van der Waals surface area contributed by atoms with Gasteiger partial charge in [-0.15, -0.1) is 10.2 Å². The van der Waals surface area contributed by atoms with Gasteiger partial charge >= 0.3 is 0 Å². The van der Waals surface area contributed by atoms with E-state index in [1.54, 1.807) is 11.3 Å². The SMILES string of the molecule is c1nnc(N2CCCC3(CCN(C4CCOCC4)C3)C2)s1. The summed E-state index contributed by atoms with van der Waals surface area (Å²) in [6.45, 7) is 6.76. The fraction of sp³-hybridized carbons (Fsp3) is 0.867. The number of anilines is 1. The highest BCUT2D eigenvalue weighted by Gasteiger charge is 2.43. The molecule has 0 N–H and O–H groups in total. The van der Waals surface area contributed by atoms with Crippen LogP contribution in [0.15, 0.2) is 5.51 Å². The molecule has 1 unspecified atom stereocenters. The molecule has 1 aromatic heterocycles. The van der Waals surface area contributed by atoms with Crippen LogP contribution in [0.1, 0.15) is 32.1 Å². The standard InChI is InChI=1S/C15H24N4OS/c1-4-15(11-19(6-1)14-17-16-12-21-14)5-7-18(10-15)13-2-8-20-9-3-13/h12-13H,1-11H2. The van der Waals surface area contributed by atoms with E-state index in [1.165, 1.54) is 51.7 Å². The van der Waals surface area contributed by atoms with Gasteiger partial charge in [0.15, 0.2) is 0 Å². The van der Waals surface area contributed by atoms with Crippen molar-refractivity contribution >= 4 is 16.5 Å². The molecule has 5 nitrogen and oxygen atoms in total. The Morgan fingerprint density at radius 2 is 2.10 bits per heavy atom. The summed E-state index contributed by atoms with van der Waals surface area (Å²) >= 11 is 1.67. The highest BCUT2D eigenvalue weighted by molar-refractivity contribution is 7.13. The molecule has 0 radical (unpaired) electrons. The molecule has 3 fully saturated rings. The van der Waals surface area contributed by atoms with Gasteiger partial charge in [0.25, 0.3) is 0 Å². The largest absolute Gasteiger partial charge is 0.381 e. The molecule has 0 amide bonds. The van der Waals surface area contributed by atoms with E-state index in [-0.39, 0.29) is 0 Å². The lowest BCUT2D eigenvalue weighted by Gasteiger charge is -2.41. The van der Waals surface area contributed by atoms with Gasteiger partial charge in [0, 0.05) is 44.3 Å². The molecule has 0 saturated carbocycles. The number of likely N-dealkylation sites (tertiary alicyclic amines) is 1. The first-order valence-electron chi connectivity index (χ1n) is 8.18. The second kappa shape index (κ2) is 5.82. The molecule has 21 heavy (non-hydrogen) atoms. The van der Waals surface area contributed by atoms with Crippen LogP contribution in [0.3, 0.4) is 0 Å². The van der Waals surface area contributed by atoms with Crippen molar-refractivity contribution in [2.75, 3.05) is 44.3 Å². The van der Waals surface area contributed by atoms with Gasteiger partial charge < -0.3 is 9.64 Å². The van der Waals surface area contributed by atoms with Gasteiger partial charge in [-0.3, -0.25) is 4.90 Å². The van der Waals surface area contributed by atoms with Crippen molar-refractivity contribution in [3.8, 4) is 0 Å². The third-order valence-electron chi connectivity index (χ3n) is 5.46. The molecule has 1 spiro atoms. The average Bonchev–Trinajstić information content (AvgIpc) is 3.19. The predicted octanol–water partition coefficient (Wildman–Crippen LogP) is 2.01. The molecule has 3 aliphatic rings. The molecule has 6 heteroatoms. The van der Waals surface area contributed by atoms with Gasteiger partial charge in [-0.1, -0.05) is 11.3 Å². The van der Waals surface area contributed by atoms with E-state index in [4.69, 9.17) is 4.74 Å². The normalized spacial score (nSPS) is 32.1. The smallest absolute Gasteiger partial charge is 0.208 e. The van der Waals surface area contributed by atoms with Gasteiger partial charge in [-0.25, -0.2) is 0 Å². The van der Waals surface area contributed by atoms with Crippen molar-refractivity contribution in [2.24, 2.45) is 5.41 Å². The van der Waals surface area contributed by atoms with Crippen LogP contribution in [-0.4, -0.2) is 60.5 Å². The van der Waals surface area contributed by atoms with Crippen LogP contribution in [0.2, 0.25) is 0 Å². The number of aromatic nitrogens is 2. The van der Waals surface area contributed by atoms with Crippen LogP contribution in [0.5, 0.6) is 0 Å². The Kier molecular flexibility index (Phi) is 3.85. The molecule has 4 heterocycles. The summed E-state index contributed by atoms with van der Waals surface area (Å²) in [5.41, 5.74) is 2.34. The van der Waals surface area contributed by atoms with Crippen LogP contribution in [0.25, 0.3) is 0 Å².